The fourth-order valence-electron chi connectivity index (χ4n) is 1.15. The van der Waals surface area contributed by atoms with Crippen molar-refractivity contribution in [3.63, 3.8) is 0 Å². The van der Waals surface area contributed by atoms with Crippen LogP contribution in [0.25, 0.3) is 0 Å². The molecular formula is C11H15ClF3N3. The van der Waals surface area contributed by atoms with Crippen LogP contribution in [-0.2, 0) is 6.18 Å². The van der Waals surface area contributed by atoms with Crippen LogP contribution < -0.4 is 5.32 Å². The van der Waals surface area contributed by atoms with Crippen molar-refractivity contribution in [2.75, 3.05) is 26.0 Å². The molecule has 1 atom stereocenters. The van der Waals surface area contributed by atoms with Crippen LogP contribution in [0.1, 0.15) is 12.5 Å². The van der Waals surface area contributed by atoms with Crippen molar-refractivity contribution in [2.24, 2.45) is 0 Å². The maximum Gasteiger partial charge on any atom is 0.417 e. The van der Waals surface area contributed by atoms with Crippen LogP contribution in [-0.4, -0.2) is 36.6 Å². The number of nitrogens with zero attached hydrogens (tertiary/aromatic N) is 2. The number of nitrogens with one attached hydrogen (secondary N) is 1. The van der Waals surface area contributed by atoms with Gasteiger partial charge in [0.2, 0.25) is 0 Å². The van der Waals surface area contributed by atoms with Gasteiger partial charge in [-0.2, -0.15) is 13.2 Å². The molecule has 1 unspecified atom stereocenters. The first kappa shape index (κ1) is 15.0. The van der Waals surface area contributed by atoms with E-state index in [4.69, 9.17) is 11.6 Å². The van der Waals surface area contributed by atoms with E-state index in [9.17, 15) is 13.2 Å². The van der Waals surface area contributed by atoms with Crippen molar-refractivity contribution in [1.82, 2.24) is 9.88 Å². The van der Waals surface area contributed by atoms with Gasteiger partial charge >= 0.3 is 6.18 Å². The highest BCUT2D eigenvalue weighted by molar-refractivity contribution is 6.32. The molecule has 0 aliphatic carbocycles. The SMILES string of the molecule is CC(CNc1ncc(C(F)(F)F)cc1Cl)N(C)C. The number of pyridine rings is 1. The van der Waals surface area contributed by atoms with Crippen molar-refractivity contribution >= 4 is 17.4 Å². The molecule has 0 saturated heterocycles. The van der Waals surface area contributed by atoms with Crippen LogP contribution in [0.15, 0.2) is 12.3 Å². The Morgan fingerprint density at radius 2 is 2.06 bits per heavy atom. The molecule has 0 saturated carbocycles. The van der Waals surface area contributed by atoms with E-state index in [0.717, 1.165) is 12.3 Å². The Bertz CT molecular complexity index is 407. The molecule has 1 rings (SSSR count). The van der Waals surface area contributed by atoms with E-state index in [1.165, 1.54) is 0 Å². The predicted molar refractivity (Wildman–Crippen MR) is 65.9 cm³/mol. The Hall–Kier alpha value is -1.01. The monoisotopic (exact) mass is 281 g/mol. The Morgan fingerprint density at radius 1 is 1.44 bits per heavy atom. The molecule has 1 aromatic rings. The minimum Gasteiger partial charge on any atom is -0.367 e. The molecule has 1 heterocycles. The lowest BCUT2D eigenvalue weighted by molar-refractivity contribution is -0.137. The first-order chi connectivity index (χ1) is 8.21. The predicted octanol–water partition coefficient (Wildman–Crippen LogP) is 3.12. The number of hydrogen-bond acceptors (Lipinski definition) is 3. The lowest BCUT2D eigenvalue weighted by Crippen LogP contribution is -2.31. The maximum absolute atomic E-state index is 12.4. The van der Waals surface area contributed by atoms with E-state index in [1.807, 2.05) is 25.9 Å². The molecule has 1 N–H and O–H groups in total. The summed E-state index contributed by atoms with van der Waals surface area (Å²) in [7, 11) is 3.82. The van der Waals surface area contributed by atoms with Gasteiger partial charge in [0.15, 0.2) is 0 Å². The van der Waals surface area contributed by atoms with Gasteiger partial charge in [-0.25, -0.2) is 4.98 Å². The maximum atomic E-state index is 12.4. The number of alkyl halides is 3. The molecule has 0 aromatic carbocycles. The molecule has 18 heavy (non-hydrogen) atoms. The van der Waals surface area contributed by atoms with E-state index in [2.05, 4.69) is 10.3 Å². The summed E-state index contributed by atoms with van der Waals surface area (Å²) in [5, 5.41) is 2.89. The zero-order chi connectivity index (χ0) is 13.9. The second kappa shape index (κ2) is 5.75. The third kappa shape index (κ3) is 4.03. The van der Waals surface area contributed by atoms with E-state index < -0.39 is 11.7 Å². The molecular weight excluding hydrogens is 267 g/mol. The summed E-state index contributed by atoms with van der Waals surface area (Å²) >= 11 is 5.76. The van der Waals surface area contributed by atoms with Crippen LogP contribution in [0.5, 0.6) is 0 Å². The number of anilines is 1. The second-order valence-corrected chi connectivity index (χ2v) is 4.65. The molecule has 102 valence electrons. The molecule has 0 spiro atoms. The fraction of sp³-hybridized carbons (Fsp3) is 0.545. The number of aromatic nitrogens is 1. The van der Waals surface area contributed by atoms with Crippen molar-refractivity contribution in [3.05, 3.63) is 22.8 Å². The number of likely N-dealkylation sites (N-methyl/N-ethyl adjacent to an activating group) is 1. The van der Waals surface area contributed by atoms with E-state index in [1.54, 1.807) is 0 Å². The highest BCUT2D eigenvalue weighted by atomic mass is 35.5. The summed E-state index contributed by atoms with van der Waals surface area (Å²) in [5.41, 5.74) is -0.848. The largest absolute Gasteiger partial charge is 0.417 e. The van der Waals surface area contributed by atoms with Crippen molar-refractivity contribution in [1.29, 1.82) is 0 Å². The number of halogens is 4. The smallest absolute Gasteiger partial charge is 0.367 e. The van der Waals surface area contributed by atoms with Gasteiger partial charge in [0, 0.05) is 18.8 Å². The summed E-state index contributed by atoms with van der Waals surface area (Å²) in [6.45, 7) is 2.52. The van der Waals surface area contributed by atoms with Gasteiger partial charge < -0.3 is 10.2 Å². The van der Waals surface area contributed by atoms with Gasteiger partial charge in [0.25, 0.3) is 0 Å². The van der Waals surface area contributed by atoms with Crippen LogP contribution in [0.2, 0.25) is 5.02 Å². The molecule has 0 aliphatic rings. The Labute approximate surface area is 109 Å². The zero-order valence-corrected chi connectivity index (χ0v) is 11.1. The average Bonchev–Trinajstić information content (AvgIpc) is 2.25. The molecule has 0 aliphatic heterocycles. The topological polar surface area (TPSA) is 28.2 Å². The van der Waals surface area contributed by atoms with Gasteiger partial charge in [0.1, 0.15) is 5.82 Å². The Balaban J connectivity index is 2.75. The van der Waals surface area contributed by atoms with Crippen LogP contribution in [0, 0.1) is 0 Å². The third-order valence-corrected chi connectivity index (χ3v) is 2.90. The summed E-state index contributed by atoms with van der Waals surface area (Å²) in [6, 6.07) is 1.09. The second-order valence-electron chi connectivity index (χ2n) is 4.25. The van der Waals surface area contributed by atoms with Gasteiger partial charge in [-0.3, -0.25) is 0 Å². The normalized spacial score (nSPS) is 13.8. The van der Waals surface area contributed by atoms with E-state index in [-0.39, 0.29) is 16.9 Å². The first-order valence-corrected chi connectivity index (χ1v) is 5.72. The van der Waals surface area contributed by atoms with E-state index >= 15 is 0 Å². The highest BCUT2D eigenvalue weighted by Gasteiger charge is 2.31. The quantitative estimate of drug-likeness (QED) is 0.919. The van der Waals surface area contributed by atoms with Gasteiger partial charge in [-0.15, -0.1) is 0 Å². The summed E-state index contributed by atoms with van der Waals surface area (Å²) < 4.78 is 37.2. The van der Waals surface area contributed by atoms with Gasteiger partial charge in [0.05, 0.1) is 10.6 Å². The minimum atomic E-state index is -4.42. The molecule has 0 bridgehead atoms. The van der Waals surface area contributed by atoms with Crippen LogP contribution in [0.4, 0.5) is 19.0 Å². The minimum absolute atomic E-state index is 0.0317. The summed E-state index contributed by atoms with van der Waals surface area (Å²) in [5.74, 6) is 0.262. The Kier molecular flexibility index (Phi) is 4.81. The summed E-state index contributed by atoms with van der Waals surface area (Å²) in [4.78, 5) is 5.67. The highest BCUT2D eigenvalue weighted by Crippen LogP contribution is 2.32. The first-order valence-electron chi connectivity index (χ1n) is 5.35. The Morgan fingerprint density at radius 3 is 2.50 bits per heavy atom. The third-order valence-electron chi connectivity index (χ3n) is 2.61. The molecule has 0 fully saturated rings. The molecule has 0 radical (unpaired) electrons. The van der Waals surface area contributed by atoms with Crippen LogP contribution in [0.3, 0.4) is 0 Å². The van der Waals surface area contributed by atoms with Crippen molar-refractivity contribution in [2.45, 2.75) is 19.1 Å². The molecule has 0 amide bonds. The lowest BCUT2D eigenvalue weighted by Gasteiger charge is -2.20. The molecule has 3 nitrogen and oxygen atoms in total. The number of hydrogen-bond donors (Lipinski definition) is 1. The lowest BCUT2D eigenvalue weighted by atomic mass is 10.2. The summed E-state index contributed by atoms with van der Waals surface area (Å²) in [6.07, 6.45) is -3.65. The van der Waals surface area contributed by atoms with Crippen molar-refractivity contribution in [3.8, 4) is 0 Å². The molecule has 1 aromatic heterocycles. The standard InChI is InChI=1S/C11H15ClF3N3/c1-7(18(2)3)5-16-10-9(12)4-8(6-17-10)11(13,14)15/h4,6-7H,5H2,1-3H3,(H,16,17). The van der Waals surface area contributed by atoms with E-state index in [0.29, 0.717) is 6.54 Å². The number of rotatable bonds is 4. The average molecular weight is 282 g/mol. The zero-order valence-electron chi connectivity index (χ0n) is 10.3. The fourth-order valence-corrected chi connectivity index (χ4v) is 1.38. The van der Waals surface area contributed by atoms with Gasteiger partial charge in [-0.1, -0.05) is 11.6 Å². The van der Waals surface area contributed by atoms with Crippen LogP contribution >= 0.6 is 11.6 Å². The van der Waals surface area contributed by atoms with Crippen molar-refractivity contribution < 1.29 is 13.2 Å². The van der Waals surface area contributed by atoms with Gasteiger partial charge in [-0.05, 0) is 27.1 Å². The molecule has 7 heteroatoms.